The van der Waals surface area contributed by atoms with Crippen molar-refractivity contribution >= 4 is 5.69 Å². The molecule has 0 saturated carbocycles. The third-order valence-electron chi connectivity index (χ3n) is 2.47. The first-order valence-corrected chi connectivity index (χ1v) is 5.34. The third-order valence-corrected chi connectivity index (χ3v) is 2.47. The Hall–Kier alpha value is -1.38. The lowest BCUT2D eigenvalue weighted by Crippen LogP contribution is -2.01. The number of nitrogens with zero attached hydrogens (tertiary/aromatic N) is 1. The summed E-state index contributed by atoms with van der Waals surface area (Å²) < 4.78 is 0. The summed E-state index contributed by atoms with van der Waals surface area (Å²) >= 11 is 0. The molecule has 0 aliphatic heterocycles. The topological polar surface area (TPSA) is 43.1 Å². The molecule has 1 aromatic rings. The summed E-state index contributed by atoms with van der Waals surface area (Å²) in [4.78, 5) is 10.8. The van der Waals surface area contributed by atoms with Gasteiger partial charge in [0.05, 0.1) is 4.92 Å². The van der Waals surface area contributed by atoms with Gasteiger partial charge in [-0.2, -0.15) is 0 Å². The van der Waals surface area contributed by atoms with Crippen LogP contribution in [0.5, 0.6) is 0 Å². The highest BCUT2D eigenvalue weighted by Gasteiger charge is 2.20. The fourth-order valence-electron chi connectivity index (χ4n) is 1.77. The second kappa shape index (κ2) is 4.91. The molecule has 0 amide bonds. The maximum atomic E-state index is 11.0. The van der Waals surface area contributed by atoms with Crippen molar-refractivity contribution in [1.82, 2.24) is 0 Å². The van der Waals surface area contributed by atoms with E-state index in [0.717, 1.165) is 24.0 Å². The van der Waals surface area contributed by atoms with Gasteiger partial charge in [0.2, 0.25) is 0 Å². The molecular formula is C12H17NO2. The highest BCUT2D eigenvalue weighted by Crippen LogP contribution is 2.30. The predicted octanol–water partition coefficient (Wildman–Crippen LogP) is 3.67. The first-order valence-electron chi connectivity index (χ1n) is 5.34. The zero-order valence-corrected chi connectivity index (χ0v) is 9.49. The molecule has 0 N–H and O–H groups in total. The second-order valence-corrected chi connectivity index (χ2v) is 4.02. The minimum Gasteiger partial charge on any atom is -0.258 e. The van der Waals surface area contributed by atoms with Crippen LogP contribution in [-0.4, -0.2) is 4.92 Å². The molecule has 0 unspecified atom stereocenters. The van der Waals surface area contributed by atoms with E-state index in [2.05, 4.69) is 0 Å². The van der Waals surface area contributed by atoms with Crippen LogP contribution in [0.2, 0.25) is 0 Å². The molecule has 0 heterocycles. The maximum Gasteiger partial charge on any atom is 0.275 e. The van der Waals surface area contributed by atoms with Gasteiger partial charge in [-0.15, -0.1) is 0 Å². The number of aryl methyl sites for hydroxylation is 1. The minimum atomic E-state index is -0.250. The Kier molecular flexibility index (Phi) is 3.83. The van der Waals surface area contributed by atoms with Gasteiger partial charge in [0.1, 0.15) is 0 Å². The van der Waals surface area contributed by atoms with Gasteiger partial charge >= 0.3 is 0 Å². The number of rotatable bonds is 4. The number of nitro benzene ring substituents is 1. The lowest BCUT2D eigenvalue weighted by molar-refractivity contribution is -0.386. The van der Waals surface area contributed by atoms with Gasteiger partial charge in [-0.3, -0.25) is 10.1 Å². The van der Waals surface area contributed by atoms with Crippen molar-refractivity contribution in [2.45, 2.75) is 39.5 Å². The summed E-state index contributed by atoms with van der Waals surface area (Å²) in [6.45, 7) is 6.00. The predicted molar refractivity (Wildman–Crippen MR) is 61.2 cm³/mol. The zero-order valence-electron chi connectivity index (χ0n) is 9.49. The lowest BCUT2D eigenvalue weighted by atomic mass is 9.96. The number of hydrogen-bond acceptors (Lipinski definition) is 2. The molecule has 0 radical (unpaired) electrons. The molecule has 82 valence electrons. The molecule has 0 fully saturated rings. The molecule has 1 aromatic carbocycles. The quantitative estimate of drug-likeness (QED) is 0.558. The fourth-order valence-corrected chi connectivity index (χ4v) is 1.77. The largest absolute Gasteiger partial charge is 0.275 e. The SMILES string of the molecule is CCCc1cccc(C(C)C)c1[N+](=O)[O-]. The van der Waals surface area contributed by atoms with Crippen molar-refractivity contribution in [3.63, 3.8) is 0 Å². The highest BCUT2D eigenvalue weighted by molar-refractivity contribution is 5.49. The Balaban J connectivity index is 3.28. The Morgan fingerprint density at radius 3 is 2.53 bits per heavy atom. The van der Waals surface area contributed by atoms with Crippen LogP contribution < -0.4 is 0 Å². The van der Waals surface area contributed by atoms with Crippen molar-refractivity contribution in [3.05, 3.63) is 39.4 Å². The van der Waals surface area contributed by atoms with Crippen molar-refractivity contribution in [2.75, 3.05) is 0 Å². The van der Waals surface area contributed by atoms with E-state index in [1.807, 2.05) is 39.0 Å². The molecule has 3 heteroatoms. The molecule has 0 aromatic heterocycles. The van der Waals surface area contributed by atoms with E-state index < -0.39 is 0 Å². The summed E-state index contributed by atoms with van der Waals surface area (Å²) in [5, 5.41) is 11.0. The van der Waals surface area contributed by atoms with Gasteiger partial charge in [-0.1, -0.05) is 45.4 Å². The number of para-hydroxylation sites is 1. The van der Waals surface area contributed by atoms with E-state index in [0.29, 0.717) is 5.69 Å². The van der Waals surface area contributed by atoms with Crippen LogP contribution >= 0.6 is 0 Å². The first kappa shape index (κ1) is 11.7. The monoisotopic (exact) mass is 207 g/mol. The normalized spacial score (nSPS) is 10.7. The standard InChI is InChI=1S/C12H17NO2/c1-4-6-10-7-5-8-11(9(2)3)12(10)13(14)15/h5,7-9H,4,6H2,1-3H3. The maximum absolute atomic E-state index is 11.0. The molecule has 0 aliphatic rings. The van der Waals surface area contributed by atoms with Crippen LogP contribution in [0.1, 0.15) is 44.2 Å². The molecule has 1 rings (SSSR count). The fraction of sp³-hybridized carbons (Fsp3) is 0.500. The lowest BCUT2D eigenvalue weighted by Gasteiger charge is -2.09. The van der Waals surface area contributed by atoms with Gasteiger partial charge in [-0.25, -0.2) is 0 Å². The first-order chi connectivity index (χ1) is 7.07. The van der Waals surface area contributed by atoms with Crippen molar-refractivity contribution in [1.29, 1.82) is 0 Å². The van der Waals surface area contributed by atoms with Gasteiger partial charge in [0.25, 0.3) is 5.69 Å². The molecule has 15 heavy (non-hydrogen) atoms. The van der Waals surface area contributed by atoms with E-state index in [1.165, 1.54) is 0 Å². The van der Waals surface area contributed by atoms with E-state index in [1.54, 1.807) is 0 Å². The zero-order chi connectivity index (χ0) is 11.4. The van der Waals surface area contributed by atoms with Crippen molar-refractivity contribution < 1.29 is 4.92 Å². The van der Waals surface area contributed by atoms with Crippen LogP contribution in [-0.2, 0) is 6.42 Å². The van der Waals surface area contributed by atoms with E-state index >= 15 is 0 Å². The van der Waals surface area contributed by atoms with Gasteiger partial charge in [-0.05, 0) is 12.3 Å². The van der Waals surface area contributed by atoms with Crippen LogP contribution in [0.3, 0.4) is 0 Å². The summed E-state index contributed by atoms with van der Waals surface area (Å²) in [5.41, 5.74) is 2.01. The third kappa shape index (κ3) is 2.55. The van der Waals surface area contributed by atoms with Crippen LogP contribution in [0.25, 0.3) is 0 Å². The molecular weight excluding hydrogens is 190 g/mol. The summed E-state index contributed by atoms with van der Waals surface area (Å²) in [7, 11) is 0. The average molecular weight is 207 g/mol. The second-order valence-electron chi connectivity index (χ2n) is 4.02. The smallest absolute Gasteiger partial charge is 0.258 e. The molecule has 3 nitrogen and oxygen atoms in total. The van der Waals surface area contributed by atoms with E-state index in [9.17, 15) is 10.1 Å². The molecule has 0 atom stereocenters. The summed E-state index contributed by atoms with van der Waals surface area (Å²) in [6, 6.07) is 5.61. The summed E-state index contributed by atoms with van der Waals surface area (Å²) in [6.07, 6.45) is 1.71. The minimum absolute atomic E-state index is 0.196. The van der Waals surface area contributed by atoms with Gasteiger partial charge in [0, 0.05) is 11.1 Å². The van der Waals surface area contributed by atoms with Crippen LogP contribution in [0, 0.1) is 10.1 Å². The summed E-state index contributed by atoms with van der Waals surface area (Å²) in [5.74, 6) is 0.196. The van der Waals surface area contributed by atoms with Crippen molar-refractivity contribution in [2.24, 2.45) is 0 Å². The number of nitro groups is 1. The Bertz CT molecular complexity index is 359. The average Bonchev–Trinajstić information content (AvgIpc) is 2.17. The number of benzene rings is 1. The Morgan fingerprint density at radius 2 is 2.07 bits per heavy atom. The molecule has 0 saturated heterocycles. The van der Waals surface area contributed by atoms with Crippen LogP contribution in [0.4, 0.5) is 5.69 Å². The van der Waals surface area contributed by atoms with Crippen LogP contribution in [0.15, 0.2) is 18.2 Å². The molecule has 0 spiro atoms. The Morgan fingerprint density at radius 1 is 1.40 bits per heavy atom. The van der Waals surface area contributed by atoms with Gasteiger partial charge in [0.15, 0.2) is 0 Å². The number of hydrogen-bond donors (Lipinski definition) is 0. The van der Waals surface area contributed by atoms with Crippen molar-refractivity contribution in [3.8, 4) is 0 Å². The Labute approximate surface area is 90.3 Å². The van der Waals surface area contributed by atoms with Gasteiger partial charge < -0.3 is 0 Å². The van der Waals surface area contributed by atoms with E-state index in [4.69, 9.17) is 0 Å². The van der Waals surface area contributed by atoms with E-state index in [-0.39, 0.29) is 10.8 Å². The molecule has 0 bridgehead atoms. The highest BCUT2D eigenvalue weighted by atomic mass is 16.6. The molecule has 0 aliphatic carbocycles.